The normalized spacial score (nSPS) is 21.8. The summed E-state index contributed by atoms with van der Waals surface area (Å²) in [6.07, 6.45) is 1.79. The van der Waals surface area contributed by atoms with Crippen LogP contribution in [0.2, 0.25) is 0 Å². The van der Waals surface area contributed by atoms with Gasteiger partial charge >= 0.3 is 5.97 Å². The highest BCUT2D eigenvalue weighted by Crippen LogP contribution is 2.07. The lowest BCUT2D eigenvalue weighted by Gasteiger charge is -2.08. The summed E-state index contributed by atoms with van der Waals surface area (Å²) in [6.45, 7) is 0.573. The molecule has 13 heavy (non-hydrogen) atoms. The Kier molecular flexibility index (Phi) is 5.34. The molecule has 1 atom stereocenters. The second kappa shape index (κ2) is 6.34. The summed E-state index contributed by atoms with van der Waals surface area (Å²) in [5.41, 5.74) is 0. The van der Waals surface area contributed by atoms with E-state index in [1.165, 1.54) is 0 Å². The standard InChI is InChI=1S/C8H13BrO4/c9-4-2-1-3-7(10)13-8-5-11-6-12-8/h8H,1-6H2. The van der Waals surface area contributed by atoms with Crippen molar-refractivity contribution in [3.05, 3.63) is 0 Å². The van der Waals surface area contributed by atoms with Gasteiger partial charge in [0.1, 0.15) is 6.61 Å². The first-order valence-corrected chi connectivity index (χ1v) is 5.40. The van der Waals surface area contributed by atoms with Crippen LogP contribution in [0.1, 0.15) is 19.3 Å². The van der Waals surface area contributed by atoms with Crippen LogP contribution in [0.15, 0.2) is 0 Å². The molecule has 0 bridgehead atoms. The lowest BCUT2D eigenvalue weighted by atomic mass is 10.2. The Hall–Kier alpha value is -0.130. The first-order valence-electron chi connectivity index (χ1n) is 4.27. The average molecular weight is 253 g/mol. The topological polar surface area (TPSA) is 44.8 Å². The number of esters is 1. The van der Waals surface area contributed by atoms with Gasteiger partial charge in [0.2, 0.25) is 6.29 Å². The summed E-state index contributed by atoms with van der Waals surface area (Å²) in [5.74, 6) is -0.212. The van der Waals surface area contributed by atoms with E-state index in [1.54, 1.807) is 0 Å². The van der Waals surface area contributed by atoms with Crippen LogP contribution in [0.5, 0.6) is 0 Å². The minimum absolute atomic E-state index is 0.212. The molecule has 4 nitrogen and oxygen atoms in total. The van der Waals surface area contributed by atoms with E-state index in [-0.39, 0.29) is 12.8 Å². The van der Waals surface area contributed by atoms with Crippen molar-refractivity contribution in [2.45, 2.75) is 25.6 Å². The molecular formula is C8H13BrO4. The number of unbranched alkanes of at least 4 members (excludes halogenated alkanes) is 1. The summed E-state index contributed by atoms with van der Waals surface area (Å²) >= 11 is 3.29. The van der Waals surface area contributed by atoms with Gasteiger partial charge in [-0.2, -0.15) is 0 Å². The molecule has 0 aromatic heterocycles. The highest BCUT2D eigenvalue weighted by Gasteiger charge is 2.19. The number of rotatable bonds is 5. The van der Waals surface area contributed by atoms with Gasteiger partial charge in [0.15, 0.2) is 6.79 Å². The molecule has 1 rings (SSSR count). The third-order valence-corrected chi connectivity index (χ3v) is 2.18. The van der Waals surface area contributed by atoms with Crippen molar-refractivity contribution in [2.24, 2.45) is 0 Å². The Morgan fingerprint density at radius 3 is 3.00 bits per heavy atom. The average Bonchev–Trinajstić information content (AvgIpc) is 2.57. The van der Waals surface area contributed by atoms with Gasteiger partial charge in [0.05, 0.1) is 0 Å². The molecule has 5 heteroatoms. The fourth-order valence-corrected chi connectivity index (χ4v) is 1.35. The van der Waals surface area contributed by atoms with Crippen LogP contribution >= 0.6 is 15.9 Å². The van der Waals surface area contributed by atoms with Crippen LogP contribution in [0.25, 0.3) is 0 Å². The number of carbonyl (C=O) groups excluding carboxylic acids is 1. The Balaban J connectivity index is 2.02. The number of ether oxygens (including phenoxy) is 3. The summed E-state index contributed by atoms with van der Waals surface area (Å²) in [6, 6.07) is 0. The second-order valence-electron chi connectivity index (χ2n) is 2.72. The monoisotopic (exact) mass is 252 g/mol. The van der Waals surface area contributed by atoms with Crippen molar-refractivity contribution in [1.29, 1.82) is 0 Å². The molecule has 0 amide bonds. The summed E-state index contributed by atoms with van der Waals surface area (Å²) in [5, 5.41) is 0.920. The smallest absolute Gasteiger partial charge is 0.308 e. The van der Waals surface area contributed by atoms with E-state index in [1.807, 2.05) is 0 Å². The van der Waals surface area contributed by atoms with Gasteiger partial charge in [0, 0.05) is 11.8 Å². The van der Waals surface area contributed by atoms with Crippen LogP contribution < -0.4 is 0 Å². The molecule has 1 fully saturated rings. The van der Waals surface area contributed by atoms with Crippen LogP contribution in [-0.2, 0) is 19.0 Å². The van der Waals surface area contributed by atoms with Gasteiger partial charge in [-0.25, -0.2) is 0 Å². The second-order valence-corrected chi connectivity index (χ2v) is 3.51. The number of alkyl halides is 1. The van der Waals surface area contributed by atoms with Crippen molar-refractivity contribution < 1.29 is 19.0 Å². The zero-order chi connectivity index (χ0) is 9.52. The van der Waals surface area contributed by atoms with E-state index < -0.39 is 6.29 Å². The molecule has 1 heterocycles. The third-order valence-electron chi connectivity index (χ3n) is 1.62. The summed E-state index contributed by atoms with van der Waals surface area (Å²) in [7, 11) is 0. The van der Waals surface area contributed by atoms with Crippen LogP contribution in [0.4, 0.5) is 0 Å². The molecule has 0 aromatic carbocycles. The Bertz CT molecular complexity index is 156. The molecule has 1 aliphatic rings. The first-order chi connectivity index (χ1) is 6.33. The molecular weight excluding hydrogens is 240 g/mol. The zero-order valence-electron chi connectivity index (χ0n) is 7.33. The van der Waals surface area contributed by atoms with E-state index in [0.29, 0.717) is 13.0 Å². The number of halogens is 1. The van der Waals surface area contributed by atoms with E-state index >= 15 is 0 Å². The van der Waals surface area contributed by atoms with Gasteiger partial charge in [-0.15, -0.1) is 0 Å². The lowest BCUT2D eigenvalue weighted by molar-refractivity contribution is -0.168. The number of hydrogen-bond acceptors (Lipinski definition) is 4. The Labute approximate surface area is 85.7 Å². The van der Waals surface area contributed by atoms with Crippen LogP contribution in [-0.4, -0.2) is 31.0 Å². The first kappa shape index (κ1) is 10.9. The Morgan fingerprint density at radius 1 is 1.54 bits per heavy atom. The minimum Gasteiger partial charge on any atom is -0.433 e. The van der Waals surface area contributed by atoms with Crippen molar-refractivity contribution in [3.63, 3.8) is 0 Å². The Morgan fingerprint density at radius 2 is 2.38 bits per heavy atom. The maximum absolute atomic E-state index is 11.1. The molecule has 0 saturated carbocycles. The summed E-state index contributed by atoms with van der Waals surface area (Å²) in [4.78, 5) is 11.1. The molecule has 76 valence electrons. The van der Waals surface area contributed by atoms with Crippen molar-refractivity contribution in [2.75, 3.05) is 18.7 Å². The van der Waals surface area contributed by atoms with E-state index in [0.717, 1.165) is 18.2 Å². The third kappa shape index (κ3) is 4.59. The SMILES string of the molecule is O=C(CCCCBr)OC1COCO1. The lowest BCUT2D eigenvalue weighted by Crippen LogP contribution is -2.19. The van der Waals surface area contributed by atoms with Gasteiger partial charge < -0.3 is 14.2 Å². The van der Waals surface area contributed by atoms with Crippen LogP contribution in [0, 0.1) is 0 Å². The largest absolute Gasteiger partial charge is 0.433 e. The molecule has 0 N–H and O–H groups in total. The maximum Gasteiger partial charge on any atom is 0.308 e. The number of hydrogen-bond donors (Lipinski definition) is 0. The van der Waals surface area contributed by atoms with Crippen LogP contribution in [0.3, 0.4) is 0 Å². The fourth-order valence-electron chi connectivity index (χ4n) is 0.954. The number of carbonyl (C=O) groups is 1. The quantitative estimate of drug-likeness (QED) is 0.422. The summed E-state index contributed by atoms with van der Waals surface area (Å²) < 4.78 is 14.8. The molecule has 0 aliphatic carbocycles. The molecule has 0 spiro atoms. The van der Waals surface area contributed by atoms with E-state index in [2.05, 4.69) is 15.9 Å². The van der Waals surface area contributed by atoms with Crippen molar-refractivity contribution in [3.8, 4) is 0 Å². The van der Waals surface area contributed by atoms with Gasteiger partial charge in [-0.1, -0.05) is 15.9 Å². The van der Waals surface area contributed by atoms with Crippen molar-refractivity contribution in [1.82, 2.24) is 0 Å². The highest BCUT2D eigenvalue weighted by atomic mass is 79.9. The van der Waals surface area contributed by atoms with E-state index in [9.17, 15) is 4.79 Å². The maximum atomic E-state index is 11.1. The van der Waals surface area contributed by atoms with E-state index in [4.69, 9.17) is 14.2 Å². The zero-order valence-corrected chi connectivity index (χ0v) is 8.92. The molecule has 1 aliphatic heterocycles. The fraction of sp³-hybridized carbons (Fsp3) is 0.875. The molecule has 0 radical (unpaired) electrons. The predicted octanol–water partition coefficient (Wildman–Crippen LogP) is 1.43. The predicted molar refractivity (Wildman–Crippen MR) is 49.4 cm³/mol. The van der Waals surface area contributed by atoms with Gasteiger partial charge in [-0.3, -0.25) is 4.79 Å². The molecule has 0 aromatic rings. The van der Waals surface area contributed by atoms with Gasteiger partial charge in [-0.05, 0) is 12.8 Å². The minimum atomic E-state index is -0.489. The van der Waals surface area contributed by atoms with Gasteiger partial charge in [0.25, 0.3) is 0 Å². The highest BCUT2D eigenvalue weighted by molar-refractivity contribution is 9.09. The molecule has 1 saturated heterocycles. The molecule has 1 unspecified atom stereocenters. The van der Waals surface area contributed by atoms with Crippen molar-refractivity contribution >= 4 is 21.9 Å².